The van der Waals surface area contributed by atoms with Crippen LogP contribution in [0.25, 0.3) is 11.3 Å². The summed E-state index contributed by atoms with van der Waals surface area (Å²) >= 11 is 0. The van der Waals surface area contributed by atoms with Crippen LogP contribution in [0.15, 0.2) is 66.9 Å². The van der Waals surface area contributed by atoms with Gasteiger partial charge in [-0.2, -0.15) is 0 Å². The summed E-state index contributed by atoms with van der Waals surface area (Å²) in [6, 6.07) is 12.7. The minimum atomic E-state index is -1.21. The molecule has 312 valence electrons. The summed E-state index contributed by atoms with van der Waals surface area (Å²) in [5, 5.41) is 18.5. The number of carbonyl (C=O) groups is 4. The van der Waals surface area contributed by atoms with Gasteiger partial charge in [0, 0.05) is 81.1 Å². The molecule has 58 heavy (non-hydrogen) atoms. The van der Waals surface area contributed by atoms with E-state index in [2.05, 4.69) is 16.0 Å². The Morgan fingerprint density at radius 2 is 1.78 bits per heavy atom. The Kier molecular flexibility index (Phi) is 15.1. The lowest BCUT2D eigenvalue weighted by Crippen LogP contribution is -2.45. The van der Waals surface area contributed by atoms with E-state index in [1.807, 2.05) is 34.9 Å². The van der Waals surface area contributed by atoms with E-state index in [0.29, 0.717) is 45.0 Å². The third-order valence-electron chi connectivity index (χ3n) is 10.7. The van der Waals surface area contributed by atoms with E-state index in [4.69, 9.17) is 19.2 Å². The van der Waals surface area contributed by atoms with Crippen molar-refractivity contribution in [3.8, 4) is 11.3 Å². The highest BCUT2D eigenvalue weighted by atomic mass is 19.1. The average molecular weight is 811 g/mol. The van der Waals surface area contributed by atoms with Crippen LogP contribution < -0.4 is 16.0 Å². The maximum atomic E-state index is 15.3. The largest absolute Gasteiger partial charge is 0.442 e. The predicted octanol–water partition coefficient (Wildman–Crippen LogP) is 3.10. The number of ether oxygens (including phenoxy) is 3. The Labute approximate surface area is 334 Å². The Bertz CT molecular complexity index is 1890. The number of benzene rings is 2. The number of nitrogens with zero attached hydrogens (tertiary/aromatic N) is 3. The van der Waals surface area contributed by atoms with E-state index in [0.717, 1.165) is 28.7 Å². The first-order valence-corrected chi connectivity index (χ1v) is 19.5. The first-order chi connectivity index (χ1) is 28.1. The van der Waals surface area contributed by atoms with E-state index in [1.54, 1.807) is 6.20 Å². The highest BCUT2D eigenvalue weighted by Gasteiger charge is 2.43. The van der Waals surface area contributed by atoms with Crippen LogP contribution in [0.3, 0.4) is 0 Å². The number of alkyl halides is 1. The number of hydrogen-bond donors (Lipinski definition) is 4. The molecule has 0 bridgehead atoms. The van der Waals surface area contributed by atoms with E-state index in [-0.39, 0.29) is 63.0 Å². The molecule has 17 heteroatoms. The van der Waals surface area contributed by atoms with Crippen molar-refractivity contribution in [2.45, 2.75) is 44.0 Å². The quantitative estimate of drug-likeness (QED) is 0.104. The number of aliphatic hydroxyl groups excluding tert-OH is 1. The number of hydrogen-bond acceptors (Lipinski definition) is 10. The Balaban J connectivity index is 1.20. The number of carbonyl (C=O) groups excluding carboxylic acids is 4. The lowest BCUT2D eigenvalue weighted by Gasteiger charge is -2.36. The van der Waals surface area contributed by atoms with Gasteiger partial charge in [-0.15, -0.1) is 0 Å². The molecule has 6 rings (SSSR count). The molecule has 0 saturated carbocycles. The third-order valence-corrected chi connectivity index (χ3v) is 10.7. The van der Waals surface area contributed by atoms with Crippen molar-refractivity contribution in [1.82, 2.24) is 30.4 Å². The van der Waals surface area contributed by atoms with Crippen LogP contribution in [0.4, 0.5) is 18.0 Å². The SMILES string of the molecule is O=C(NCCOCCN1C(=O)C=CC1=O)O[C@@H](CO)CNC(=O)C(C[C@@H]1CNC[C@@H]1F)[C@@H](c1nc(-c2cc(F)ccc2F)cn1Cc1ccccc1)C1CCOCC1. The van der Waals surface area contributed by atoms with Gasteiger partial charge in [0.05, 0.1) is 38.6 Å². The molecular weight excluding hydrogens is 761 g/mol. The Hall–Kier alpha value is -5.10. The second kappa shape index (κ2) is 20.5. The van der Waals surface area contributed by atoms with Gasteiger partial charge in [-0.05, 0) is 48.9 Å². The minimum absolute atomic E-state index is 0.0231. The molecule has 0 radical (unpaired) electrons. The minimum Gasteiger partial charge on any atom is -0.442 e. The summed E-state index contributed by atoms with van der Waals surface area (Å²) in [7, 11) is 0. The van der Waals surface area contributed by atoms with Crippen LogP contribution in [0.5, 0.6) is 0 Å². The third kappa shape index (κ3) is 11.1. The number of alkyl carbamates (subject to hydrolysis) is 1. The molecule has 0 spiro atoms. The molecule has 3 aliphatic heterocycles. The van der Waals surface area contributed by atoms with Crippen LogP contribution in [-0.4, -0.2) is 121 Å². The lowest BCUT2D eigenvalue weighted by atomic mass is 9.73. The van der Waals surface area contributed by atoms with Crippen molar-refractivity contribution in [1.29, 1.82) is 0 Å². The summed E-state index contributed by atoms with van der Waals surface area (Å²) in [5.74, 6) is -4.33. The van der Waals surface area contributed by atoms with E-state index in [1.165, 1.54) is 12.2 Å². The molecule has 4 N–H and O–H groups in total. The van der Waals surface area contributed by atoms with Crippen LogP contribution in [0.2, 0.25) is 0 Å². The molecule has 4 amide bonds. The van der Waals surface area contributed by atoms with Gasteiger partial charge in [-0.1, -0.05) is 30.3 Å². The van der Waals surface area contributed by atoms with Crippen molar-refractivity contribution in [3.63, 3.8) is 0 Å². The molecule has 0 aliphatic carbocycles. The van der Waals surface area contributed by atoms with E-state index >= 15 is 8.78 Å². The number of aromatic nitrogens is 2. The summed E-state index contributed by atoms with van der Waals surface area (Å²) in [5.41, 5.74) is 1.05. The van der Waals surface area contributed by atoms with Crippen LogP contribution in [0, 0.1) is 29.4 Å². The van der Waals surface area contributed by atoms with Crippen molar-refractivity contribution < 1.29 is 51.7 Å². The Morgan fingerprint density at radius 1 is 1.02 bits per heavy atom. The lowest BCUT2D eigenvalue weighted by molar-refractivity contribution is -0.137. The first kappa shape index (κ1) is 42.5. The van der Waals surface area contributed by atoms with Crippen molar-refractivity contribution in [3.05, 3.63) is 89.9 Å². The zero-order chi connectivity index (χ0) is 41.0. The molecule has 3 aliphatic rings. The summed E-state index contributed by atoms with van der Waals surface area (Å²) < 4.78 is 63.4. The van der Waals surface area contributed by atoms with Crippen molar-refractivity contribution >= 4 is 23.8 Å². The van der Waals surface area contributed by atoms with E-state index in [9.17, 15) is 28.7 Å². The molecular formula is C41H49F3N6O8. The summed E-state index contributed by atoms with van der Waals surface area (Å²) in [6.07, 6.45) is 2.04. The van der Waals surface area contributed by atoms with Gasteiger partial charge in [0.2, 0.25) is 5.91 Å². The van der Waals surface area contributed by atoms with Gasteiger partial charge < -0.3 is 39.8 Å². The molecule has 2 fully saturated rings. The van der Waals surface area contributed by atoms with Crippen molar-refractivity contribution in [2.24, 2.45) is 17.8 Å². The fourth-order valence-corrected chi connectivity index (χ4v) is 7.71. The van der Waals surface area contributed by atoms with Gasteiger partial charge in [0.15, 0.2) is 0 Å². The van der Waals surface area contributed by atoms with E-state index < -0.39 is 72.1 Å². The maximum Gasteiger partial charge on any atom is 0.407 e. The molecule has 1 aromatic heterocycles. The predicted molar refractivity (Wildman–Crippen MR) is 204 cm³/mol. The van der Waals surface area contributed by atoms with Gasteiger partial charge in [-0.25, -0.2) is 22.9 Å². The number of nitrogens with one attached hydrogen (secondary N) is 3. The number of amides is 4. The van der Waals surface area contributed by atoms with Crippen LogP contribution in [-0.2, 0) is 35.1 Å². The number of halogens is 3. The number of imidazole rings is 1. The summed E-state index contributed by atoms with van der Waals surface area (Å²) in [6.45, 7) is 0.957. The van der Waals surface area contributed by atoms with Gasteiger partial charge in [0.25, 0.3) is 11.8 Å². The zero-order valence-electron chi connectivity index (χ0n) is 32.0. The average Bonchev–Trinajstić information content (AvgIpc) is 3.93. The standard InChI is InChI=1S/C41H49F3N6O8/c42-29-6-7-33(43)31(19-29)35-24-49(23-26-4-2-1-3-5-26)39(48-35)38(27-10-14-56-15-11-27)32(18-28-20-45-22-34(28)44)40(54)47-21-30(25-51)58-41(55)46-12-16-57-17-13-50-36(52)8-9-37(50)53/h1-9,19,24,27-28,30,32,34,38,45,51H,10-18,20-23,25H2,(H,46,55)(H,47,54)/t28-,30-,32?,34+,38+/m1/s1. The second-order valence-corrected chi connectivity index (χ2v) is 14.6. The summed E-state index contributed by atoms with van der Waals surface area (Å²) in [4.78, 5) is 56.4. The first-order valence-electron chi connectivity index (χ1n) is 19.5. The molecule has 1 unspecified atom stereocenters. The fourth-order valence-electron chi connectivity index (χ4n) is 7.71. The van der Waals surface area contributed by atoms with Crippen LogP contribution >= 0.6 is 0 Å². The normalized spacial score (nSPS) is 20.0. The van der Waals surface area contributed by atoms with Crippen molar-refractivity contribution in [2.75, 3.05) is 65.8 Å². The highest BCUT2D eigenvalue weighted by Crippen LogP contribution is 2.42. The zero-order valence-corrected chi connectivity index (χ0v) is 32.0. The number of imide groups is 1. The smallest absolute Gasteiger partial charge is 0.407 e. The molecule has 14 nitrogen and oxygen atoms in total. The maximum absolute atomic E-state index is 15.3. The molecule has 2 aromatic carbocycles. The monoisotopic (exact) mass is 810 g/mol. The number of aliphatic hydroxyl groups is 1. The topological polar surface area (TPSA) is 173 Å². The van der Waals surface area contributed by atoms with Gasteiger partial charge in [-0.3, -0.25) is 19.3 Å². The number of rotatable bonds is 19. The molecule has 3 aromatic rings. The molecule has 2 saturated heterocycles. The van der Waals surface area contributed by atoms with Crippen LogP contribution in [0.1, 0.15) is 36.6 Å². The Morgan fingerprint density at radius 3 is 2.48 bits per heavy atom. The highest BCUT2D eigenvalue weighted by molar-refractivity contribution is 6.12. The molecule has 4 heterocycles. The molecule has 5 atom stereocenters. The second-order valence-electron chi connectivity index (χ2n) is 14.6. The van der Waals surface area contributed by atoms with Gasteiger partial charge in [0.1, 0.15) is 29.7 Å². The van der Waals surface area contributed by atoms with Gasteiger partial charge >= 0.3 is 6.09 Å². The fraction of sp³-hybridized carbons (Fsp3) is 0.488.